The maximum atomic E-state index is 3.72. The number of rotatable bonds is 6. The fourth-order valence-electron chi connectivity index (χ4n) is 3.23. The highest BCUT2D eigenvalue weighted by atomic mass is 79.9. The Hall–Kier alpha value is -0.380. The Morgan fingerprint density at radius 3 is 2.70 bits per heavy atom. The van der Waals surface area contributed by atoms with Gasteiger partial charge in [-0.05, 0) is 56.7 Å². The number of hydrogen-bond acceptors (Lipinski definition) is 2. The van der Waals surface area contributed by atoms with Crippen molar-refractivity contribution in [3.05, 3.63) is 34.3 Å². The second-order valence-corrected chi connectivity index (χ2v) is 7.24. The van der Waals surface area contributed by atoms with E-state index in [2.05, 4.69) is 57.3 Å². The van der Waals surface area contributed by atoms with Crippen molar-refractivity contribution >= 4 is 15.9 Å². The third-order valence-electron chi connectivity index (χ3n) is 4.71. The molecule has 0 spiro atoms. The number of benzene rings is 1. The van der Waals surface area contributed by atoms with Crippen LogP contribution in [0.3, 0.4) is 0 Å². The van der Waals surface area contributed by atoms with Crippen LogP contribution < -0.4 is 5.32 Å². The average Bonchev–Trinajstić information content (AvgIpc) is 3.11. The van der Waals surface area contributed by atoms with E-state index in [1.54, 1.807) is 0 Å². The summed E-state index contributed by atoms with van der Waals surface area (Å²) in [6.07, 6.45) is 5.53. The first-order chi connectivity index (χ1) is 9.74. The van der Waals surface area contributed by atoms with Gasteiger partial charge in [0.15, 0.2) is 0 Å². The Bertz CT molecular complexity index is 438. The molecule has 1 aromatic rings. The molecular formula is C17H25BrN2. The Labute approximate surface area is 131 Å². The molecule has 2 aliphatic rings. The van der Waals surface area contributed by atoms with Crippen LogP contribution in [0.1, 0.15) is 44.2 Å². The summed E-state index contributed by atoms with van der Waals surface area (Å²) in [4.78, 5) is 2.70. The van der Waals surface area contributed by atoms with E-state index < -0.39 is 0 Å². The summed E-state index contributed by atoms with van der Waals surface area (Å²) in [5.74, 6) is 0.946. The van der Waals surface area contributed by atoms with Gasteiger partial charge in [-0.25, -0.2) is 0 Å². The van der Waals surface area contributed by atoms with Crippen LogP contribution in [-0.4, -0.2) is 30.6 Å². The SMILES string of the molecule is CC(c1ccccc1Br)N(CC1CC1)CC1CCCN1. The Kier molecular flexibility index (Phi) is 4.79. The van der Waals surface area contributed by atoms with Gasteiger partial charge in [0, 0.05) is 29.6 Å². The monoisotopic (exact) mass is 336 g/mol. The molecule has 1 aromatic carbocycles. The summed E-state index contributed by atoms with van der Waals surface area (Å²) in [5, 5.41) is 3.65. The fraction of sp³-hybridized carbons (Fsp3) is 0.647. The third kappa shape index (κ3) is 3.63. The zero-order chi connectivity index (χ0) is 13.9. The highest BCUT2D eigenvalue weighted by Gasteiger charge is 2.29. The molecule has 1 aliphatic carbocycles. The fourth-order valence-corrected chi connectivity index (χ4v) is 3.85. The van der Waals surface area contributed by atoms with Gasteiger partial charge in [0.05, 0.1) is 0 Å². The zero-order valence-corrected chi connectivity index (χ0v) is 13.9. The lowest BCUT2D eigenvalue weighted by atomic mass is 10.1. The van der Waals surface area contributed by atoms with Crippen LogP contribution in [0, 0.1) is 5.92 Å². The molecule has 2 fully saturated rings. The predicted molar refractivity (Wildman–Crippen MR) is 87.9 cm³/mol. The normalized spacial score (nSPS) is 24.2. The molecular weight excluding hydrogens is 312 g/mol. The van der Waals surface area contributed by atoms with Crippen molar-refractivity contribution in [1.29, 1.82) is 0 Å². The molecule has 2 unspecified atom stereocenters. The number of hydrogen-bond donors (Lipinski definition) is 1. The first kappa shape index (κ1) is 14.6. The molecule has 20 heavy (non-hydrogen) atoms. The second kappa shape index (κ2) is 6.59. The van der Waals surface area contributed by atoms with E-state index in [4.69, 9.17) is 0 Å². The molecule has 0 radical (unpaired) electrons. The average molecular weight is 337 g/mol. The summed E-state index contributed by atoms with van der Waals surface area (Å²) >= 11 is 3.72. The molecule has 3 rings (SSSR count). The summed E-state index contributed by atoms with van der Waals surface area (Å²) in [6.45, 7) is 6.02. The topological polar surface area (TPSA) is 15.3 Å². The van der Waals surface area contributed by atoms with Crippen molar-refractivity contribution in [3.63, 3.8) is 0 Å². The van der Waals surface area contributed by atoms with Gasteiger partial charge in [0.25, 0.3) is 0 Å². The molecule has 0 bridgehead atoms. The van der Waals surface area contributed by atoms with Crippen LogP contribution in [0.5, 0.6) is 0 Å². The van der Waals surface area contributed by atoms with E-state index in [0.717, 1.165) is 5.92 Å². The van der Waals surface area contributed by atoms with Crippen LogP contribution >= 0.6 is 15.9 Å². The minimum atomic E-state index is 0.494. The maximum absolute atomic E-state index is 3.72. The minimum Gasteiger partial charge on any atom is -0.313 e. The van der Waals surface area contributed by atoms with E-state index in [-0.39, 0.29) is 0 Å². The third-order valence-corrected chi connectivity index (χ3v) is 5.43. The first-order valence-electron chi connectivity index (χ1n) is 7.96. The van der Waals surface area contributed by atoms with Crippen molar-refractivity contribution in [2.24, 2.45) is 5.92 Å². The maximum Gasteiger partial charge on any atom is 0.0331 e. The second-order valence-electron chi connectivity index (χ2n) is 6.39. The smallest absolute Gasteiger partial charge is 0.0331 e. The lowest BCUT2D eigenvalue weighted by Gasteiger charge is -2.32. The lowest BCUT2D eigenvalue weighted by Crippen LogP contribution is -2.40. The van der Waals surface area contributed by atoms with Gasteiger partial charge in [0.2, 0.25) is 0 Å². The highest BCUT2D eigenvalue weighted by molar-refractivity contribution is 9.10. The molecule has 0 amide bonds. The van der Waals surface area contributed by atoms with Crippen LogP contribution in [0.15, 0.2) is 28.7 Å². The van der Waals surface area contributed by atoms with E-state index >= 15 is 0 Å². The molecule has 0 aromatic heterocycles. The molecule has 1 saturated heterocycles. The van der Waals surface area contributed by atoms with Gasteiger partial charge in [0.1, 0.15) is 0 Å². The molecule has 110 valence electrons. The van der Waals surface area contributed by atoms with Crippen molar-refractivity contribution in [2.75, 3.05) is 19.6 Å². The van der Waals surface area contributed by atoms with Crippen LogP contribution in [0.4, 0.5) is 0 Å². The summed E-state index contributed by atoms with van der Waals surface area (Å²) in [5.41, 5.74) is 1.42. The van der Waals surface area contributed by atoms with Crippen LogP contribution in [0.2, 0.25) is 0 Å². The summed E-state index contributed by atoms with van der Waals surface area (Å²) in [7, 11) is 0. The predicted octanol–water partition coefficient (Wildman–Crippen LogP) is 3.97. The lowest BCUT2D eigenvalue weighted by molar-refractivity contribution is 0.183. The van der Waals surface area contributed by atoms with Gasteiger partial charge in [-0.15, -0.1) is 0 Å². The van der Waals surface area contributed by atoms with Gasteiger partial charge in [-0.1, -0.05) is 34.1 Å². The molecule has 3 heteroatoms. The molecule has 2 atom stereocenters. The molecule has 1 N–H and O–H groups in total. The largest absolute Gasteiger partial charge is 0.313 e. The number of halogens is 1. The Balaban J connectivity index is 1.71. The number of nitrogens with zero attached hydrogens (tertiary/aromatic N) is 1. The quantitative estimate of drug-likeness (QED) is 0.845. The van der Waals surface area contributed by atoms with Crippen molar-refractivity contribution < 1.29 is 0 Å². The molecule has 2 nitrogen and oxygen atoms in total. The summed E-state index contributed by atoms with van der Waals surface area (Å²) < 4.78 is 1.24. The van der Waals surface area contributed by atoms with Gasteiger partial charge in [-0.2, -0.15) is 0 Å². The molecule has 1 saturated carbocycles. The van der Waals surface area contributed by atoms with Crippen LogP contribution in [0.25, 0.3) is 0 Å². The Morgan fingerprint density at radius 1 is 1.25 bits per heavy atom. The van der Waals surface area contributed by atoms with Gasteiger partial charge in [-0.3, -0.25) is 4.90 Å². The number of nitrogens with one attached hydrogen (secondary N) is 1. The first-order valence-corrected chi connectivity index (χ1v) is 8.75. The van der Waals surface area contributed by atoms with Crippen molar-refractivity contribution in [3.8, 4) is 0 Å². The van der Waals surface area contributed by atoms with Crippen molar-refractivity contribution in [1.82, 2.24) is 10.2 Å². The zero-order valence-electron chi connectivity index (χ0n) is 12.3. The van der Waals surface area contributed by atoms with Crippen LogP contribution in [-0.2, 0) is 0 Å². The molecule has 1 aliphatic heterocycles. The minimum absolute atomic E-state index is 0.494. The van der Waals surface area contributed by atoms with E-state index in [1.165, 1.54) is 55.4 Å². The van der Waals surface area contributed by atoms with Crippen molar-refractivity contribution in [2.45, 2.75) is 44.7 Å². The Morgan fingerprint density at radius 2 is 2.05 bits per heavy atom. The van der Waals surface area contributed by atoms with Gasteiger partial charge >= 0.3 is 0 Å². The van der Waals surface area contributed by atoms with E-state index in [9.17, 15) is 0 Å². The van der Waals surface area contributed by atoms with E-state index in [1.807, 2.05) is 0 Å². The molecule has 1 heterocycles. The van der Waals surface area contributed by atoms with E-state index in [0.29, 0.717) is 12.1 Å². The highest BCUT2D eigenvalue weighted by Crippen LogP contribution is 2.34. The van der Waals surface area contributed by atoms with Gasteiger partial charge < -0.3 is 5.32 Å². The summed E-state index contributed by atoms with van der Waals surface area (Å²) in [6, 6.07) is 9.86. The standard InChI is InChI=1S/C17H25BrN2/c1-13(16-6-2-3-7-17(16)18)20(11-14-8-9-14)12-15-5-4-10-19-15/h2-3,6-7,13-15,19H,4-5,8-12H2,1H3.